The number of rotatable bonds is 4. The summed E-state index contributed by atoms with van der Waals surface area (Å²) in [5, 5.41) is 13.1. The quantitative estimate of drug-likeness (QED) is 0.909. The van der Waals surface area contributed by atoms with Crippen molar-refractivity contribution in [3.8, 4) is 5.69 Å². The predicted molar refractivity (Wildman–Crippen MR) is 85.0 cm³/mol. The van der Waals surface area contributed by atoms with Gasteiger partial charge >= 0.3 is 0 Å². The SMILES string of the molecule is O=C(NCC1(O)CCSC1)c1cccc(-n2cccc2)c1. The zero-order chi connectivity index (χ0) is 14.7. The number of benzene rings is 1. The van der Waals surface area contributed by atoms with Crippen molar-refractivity contribution in [2.45, 2.75) is 12.0 Å². The van der Waals surface area contributed by atoms with Gasteiger partial charge in [0.1, 0.15) is 0 Å². The van der Waals surface area contributed by atoms with Crippen molar-refractivity contribution in [2.75, 3.05) is 18.1 Å². The number of nitrogens with one attached hydrogen (secondary N) is 1. The number of thioether (sulfide) groups is 1. The van der Waals surface area contributed by atoms with Crippen LogP contribution in [-0.4, -0.2) is 39.2 Å². The molecule has 0 spiro atoms. The van der Waals surface area contributed by atoms with Crippen LogP contribution < -0.4 is 5.32 Å². The highest BCUT2D eigenvalue weighted by atomic mass is 32.2. The Bertz CT molecular complexity index is 619. The van der Waals surface area contributed by atoms with Crippen LogP contribution in [0.1, 0.15) is 16.8 Å². The molecule has 2 aromatic rings. The van der Waals surface area contributed by atoms with E-state index < -0.39 is 5.60 Å². The maximum absolute atomic E-state index is 12.2. The first-order chi connectivity index (χ1) is 10.2. The molecule has 2 heterocycles. The molecule has 3 rings (SSSR count). The van der Waals surface area contributed by atoms with Crippen LogP contribution in [0.2, 0.25) is 0 Å². The monoisotopic (exact) mass is 302 g/mol. The zero-order valence-electron chi connectivity index (χ0n) is 11.7. The van der Waals surface area contributed by atoms with Crippen LogP contribution in [0.5, 0.6) is 0 Å². The summed E-state index contributed by atoms with van der Waals surface area (Å²) in [4.78, 5) is 12.2. The first-order valence-electron chi connectivity index (χ1n) is 6.98. The molecule has 1 atom stereocenters. The summed E-state index contributed by atoms with van der Waals surface area (Å²) >= 11 is 1.72. The van der Waals surface area contributed by atoms with Crippen LogP contribution in [-0.2, 0) is 0 Å². The Morgan fingerprint density at radius 2 is 2.14 bits per heavy atom. The molecule has 0 radical (unpaired) electrons. The summed E-state index contributed by atoms with van der Waals surface area (Å²) < 4.78 is 1.96. The molecule has 5 heteroatoms. The Kier molecular flexibility index (Phi) is 4.03. The molecule has 0 aliphatic carbocycles. The summed E-state index contributed by atoms with van der Waals surface area (Å²) in [5.74, 6) is 1.50. The largest absolute Gasteiger partial charge is 0.387 e. The lowest BCUT2D eigenvalue weighted by molar-refractivity contribution is 0.0612. The average Bonchev–Trinajstić information content (AvgIpc) is 3.17. The maximum atomic E-state index is 12.2. The van der Waals surface area contributed by atoms with Gasteiger partial charge in [0.15, 0.2) is 0 Å². The van der Waals surface area contributed by atoms with E-state index >= 15 is 0 Å². The minimum Gasteiger partial charge on any atom is -0.387 e. The Morgan fingerprint density at radius 3 is 2.86 bits per heavy atom. The van der Waals surface area contributed by atoms with Gasteiger partial charge in [0.05, 0.1) is 5.60 Å². The van der Waals surface area contributed by atoms with E-state index in [9.17, 15) is 9.90 Å². The van der Waals surface area contributed by atoms with Gasteiger partial charge in [-0.25, -0.2) is 0 Å². The predicted octanol–water partition coefficient (Wildman–Crippen LogP) is 2.08. The number of carbonyl (C=O) groups is 1. The van der Waals surface area contributed by atoms with Gasteiger partial charge in [0.25, 0.3) is 5.91 Å². The van der Waals surface area contributed by atoms with Crippen molar-refractivity contribution in [2.24, 2.45) is 0 Å². The molecule has 21 heavy (non-hydrogen) atoms. The molecule has 0 saturated carbocycles. The van der Waals surface area contributed by atoms with Crippen molar-refractivity contribution in [3.63, 3.8) is 0 Å². The topological polar surface area (TPSA) is 54.3 Å². The van der Waals surface area contributed by atoms with E-state index in [0.717, 1.165) is 17.9 Å². The summed E-state index contributed by atoms with van der Waals surface area (Å²) in [7, 11) is 0. The van der Waals surface area contributed by atoms with Gasteiger partial charge < -0.3 is 15.0 Å². The molecular weight excluding hydrogens is 284 g/mol. The van der Waals surface area contributed by atoms with E-state index in [1.165, 1.54) is 0 Å². The number of amides is 1. The van der Waals surface area contributed by atoms with Gasteiger partial charge in [-0.3, -0.25) is 4.79 Å². The van der Waals surface area contributed by atoms with Crippen molar-refractivity contribution < 1.29 is 9.90 Å². The van der Waals surface area contributed by atoms with Crippen LogP contribution in [0.3, 0.4) is 0 Å². The van der Waals surface area contributed by atoms with Gasteiger partial charge in [-0.05, 0) is 42.5 Å². The van der Waals surface area contributed by atoms with E-state index in [-0.39, 0.29) is 5.91 Å². The van der Waals surface area contributed by atoms with E-state index in [4.69, 9.17) is 0 Å². The fourth-order valence-electron chi connectivity index (χ4n) is 2.40. The second-order valence-electron chi connectivity index (χ2n) is 5.35. The van der Waals surface area contributed by atoms with Crippen LogP contribution in [0.15, 0.2) is 48.8 Å². The van der Waals surface area contributed by atoms with Gasteiger partial charge in [-0.15, -0.1) is 0 Å². The first kappa shape index (κ1) is 14.2. The summed E-state index contributed by atoms with van der Waals surface area (Å²) in [5.41, 5.74) is 0.802. The van der Waals surface area contributed by atoms with Gasteiger partial charge in [-0.2, -0.15) is 11.8 Å². The van der Waals surface area contributed by atoms with E-state index in [1.807, 2.05) is 47.3 Å². The van der Waals surface area contributed by atoms with Gasteiger partial charge in [0, 0.05) is 35.9 Å². The van der Waals surface area contributed by atoms with Crippen molar-refractivity contribution in [1.82, 2.24) is 9.88 Å². The Morgan fingerprint density at radius 1 is 1.33 bits per heavy atom. The number of aromatic nitrogens is 1. The molecule has 1 aliphatic heterocycles. The summed E-state index contributed by atoms with van der Waals surface area (Å²) in [6.07, 6.45) is 4.62. The fourth-order valence-corrected chi connectivity index (χ4v) is 3.69. The lowest BCUT2D eigenvalue weighted by Crippen LogP contribution is -2.42. The third kappa shape index (κ3) is 3.31. The number of hydrogen-bond acceptors (Lipinski definition) is 3. The highest BCUT2D eigenvalue weighted by Crippen LogP contribution is 2.27. The third-order valence-corrected chi connectivity index (χ3v) is 4.91. The van der Waals surface area contributed by atoms with Crippen molar-refractivity contribution >= 4 is 17.7 Å². The summed E-state index contributed by atoms with van der Waals surface area (Å²) in [6.45, 7) is 0.312. The van der Waals surface area contributed by atoms with Crippen LogP contribution in [0, 0.1) is 0 Å². The van der Waals surface area contributed by atoms with Crippen LogP contribution in [0.25, 0.3) is 5.69 Å². The summed E-state index contributed by atoms with van der Waals surface area (Å²) in [6, 6.07) is 11.3. The lowest BCUT2D eigenvalue weighted by atomic mass is 10.0. The molecule has 0 bridgehead atoms. The Balaban J connectivity index is 1.69. The minimum atomic E-state index is -0.752. The standard InChI is InChI=1S/C16H18N2O2S/c19-15(17-11-16(20)6-9-21-12-16)13-4-3-5-14(10-13)18-7-1-2-8-18/h1-5,7-8,10,20H,6,9,11-12H2,(H,17,19). The second-order valence-corrected chi connectivity index (χ2v) is 6.46. The molecule has 2 N–H and O–H groups in total. The van der Waals surface area contributed by atoms with E-state index in [0.29, 0.717) is 17.9 Å². The maximum Gasteiger partial charge on any atom is 0.251 e. The van der Waals surface area contributed by atoms with Crippen LogP contribution in [0.4, 0.5) is 0 Å². The van der Waals surface area contributed by atoms with E-state index in [1.54, 1.807) is 17.8 Å². The Hall–Kier alpha value is -1.72. The molecule has 1 aromatic carbocycles. The molecule has 1 unspecified atom stereocenters. The Labute approximate surface area is 128 Å². The molecular formula is C16H18N2O2S. The fraction of sp³-hybridized carbons (Fsp3) is 0.312. The van der Waals surface area contributed by atoms with Gasteiger partial charge in [0.2, 0.25) is 0 Å². The van der Waals surface area contributed by atoms with E-state index in [2.05, 4.69) is 5.32 Å². The zero-order valence-corrected chi connectivity index (χ0v) is 12.5. The number of carbonyl (C=O) groups excluding carboxylic acids is 1. The number of nitrogens with zero attached hydrogens (tertiary/aromatic N) is 1. The highest BCUT2D eigenvalue weighted by Gasteiger charge is 2.32. The molecule has 1 fully saturated rings. The number of hydrogen-bond donors (Lipinski definition) is 2. The van der Waals surface area contributed by atoms with Crippen molar-refractivity contribution in [3.05, 3.63) is 54.4 Å². The molecule has 110 valence electrons. The lowest BCUT2D eigenvalue weighted by Gasteiger charge is -2.21. The molecule has 1 aliphatic rings. The first-order valence-corrected chi connectivity index (χ1v) is 8.14. The molecule has 1 aromatic heterocycles. The second kappa shape index (κ2) is 5.95. The van der Waals surface area contributed by atoms with Crippen molar-refractivity contribution in [1.29, 1.82) is 0 Å². The number of aliphatic hydroxyl groups is 1. The minimum absolute atomic E-state index is 0.144. The van der Waals surface area contributed by atoms with Crippen LogP contribution >= 0.6 is 11.8 Å². The molecule has 4 nitrogen and oxygen atoms in total. The van der Waals surface area contributed by atoms with Gasteiger partial charge in [-0.1, -0.05) is 6.07 Å². The average molecular weight is 302 g/mol. The highest BCUT2D eigenvalue weighted by molar-refractivity contribution is 7.99. The smallest absolute Gasteiger partial charge is 0.251 e. The molecule has 1 saturated heterocycles. The molecule has 1 amide bonds. The normalized spacial score (nSPS) is 21.4. The third-order valence-electron chi connectivity index (χ3n) is 3.67.